The number of rotatable bonds is 5. The molecule has 7 heteroatoms. The average molecular weight is 454 g/mol. The lowest BCUT2D eigenvalue weighted by Crippen LogP contribution is -2.37. The predicted molar refractivity (Wildman–Crippen MR) is 103 cm³/mol. The maximum absolute atomic E-state index is 13.0. The molecule has 0 atom stereocenters. The van der Waals surface area contributed by atoms with Crippen LogP contribution in [0.5, 0.6) is 0 Å². The Morgan fingerprint density at radius 1 is 1.32 bits per heavy atom. The highest BCUT2D eigenvalue weighted by atomic mass is 127. The van der Waals surface area contributed by atoms with Crippen molar-refractivity contribution in [2.24, 2.45) is 4.99 Å². The van der Waals surface area contributed by atoms with Crippen molar-refractivity contribution in [2.45, 2.75) is 13.0 Å². The van der Waals surface area contributed by atoms with Crippen molar-refractivity contribution >= 4 is 52.9 Å². The van der Waals surface area contributed by atoms with E-state index in [1.54, 1.807) is 24.5 Å². The molecule has 2 aromatic rings. The number of guanidine groups is 1. The number of thiophene rings is 1. The van der Waals surface area contributed by atoms with Gasteiger partial charge >= 0.3 is 0 Å². The number of halogens is 3. The Morgan fingerprint density at radius 2 is 2.14 bits per heavy atom. The van der Waals surface area contributed by atoms with Crippen molar-refractivity contribution in [2.75, 3.05) is 13.6 Å². The van der Waals surface area contributed by atoms with E-state index in [4.69, 9.17) is 11.6 Å². The maximum Gasteiger partial charge on any atom is 0.191 e. The highest BCUT2D eigenvalue weighted by molar-refractivity contribution is 14.0. The van der Waals surface area contributed by atoms with Gasteiger partial charge in [-0.1, -0.05) is 17.7 Å². The molecule has 0 aliphatic heterocycles. The molecule has 0 saturated heterocycles. The van der Waals surface area contributed by atoms with Gasteiger partial charge in [-0.25, -0.2) is 4.39 Å². The Labute approximate surface area is 156 Å². The van der Waals surface area contributed by atoms with Crippen LogP contribution in [0, 0.1) is 5.82 Å². The standard InChI is InChI=1S/C15H17ClFN3S.HI/c1-18-15(20-9-11-5-7-21-10-11)19-6-4-12-2-3-13(17)8-14(12)16;/h2-3,5,7-8,10H,4,6,9H2,1H3,(H2,18,19,20);1H. The van der Waals surface area contributed by atoms with Crippen molar-refractivity contribution in [3.63, 3.8) is 0 Å². The van der Waals surface area contributed by atoms with Gasteiger partial charge in [-0.2, -0.15) is 11.3 Å². The second-order valence-corrected chi connectivity index (χ2v) is 5.66. The molecule has 0 amide bonds. The minimum absolute atomic E-state index is 0. The summed E-state index contributed by atoms with van der Waals surface area (Å²) in [5, 5.41) is 11.0. The fourth-order valence-corrected chi connectivity index (χ4v) is 2.77. The molecule has 0 spiro atoms. The van der Waals surface area contributed by atoms with Gasteiger partial charge in [0.2, 0.25) is 0 Å². The number of aliphatic imine (C=N–C) groups is 1. The first-order valence-electron chi connectivity index (χ1n) is 6.58. The van der Waals surface area contributed by atoms with E-state index in [1.165, 1.54) is 17.7 Å². The third-order valence-corrected chi connectivity index (χ3v) is 4.05. The van der Waals surface area contributed by atoms with E-state index >= 15 is 0 Å². The Hall–Kier alpha value is -0.860. The summed E-state index contributed by atoms with van der Waals surface area (Å²) >= 11 is 7.67. The van der Waals surface area contributed by atoms with Crippen LogP contribution in [0.15, 0.2) is 40.0 Å². The van der Waals surface area contributed by atoms with Gasteiger partial charge in [-0.3, -0.25) is 4.99 Å². The zero-order valence-electron chi connectivity index (χ0n) is 12.1. The topological polar surface area (TPSA) is 36.4 Å². The summed E-state index contributed by atoms with van der Waals surface area (Å²) in [6.45, 7) is 1.41. The second kappa shape index (κ2) is 10.0. The molecule has 2 N–H and O–H groups in total. The van der Waals surface area contributed by atoms with Crippen molar-refractivity contribution in [3.05, 3.63) is 57.0 Å². The highest BCUT2D eigenvalue weighted by Gasteiger charge is 2.03. The minimum Gasteiger partial charge on any atom is -0.356 e. The zero-order chi connectivity index (χ0) is 15.1. The Balaban J connectivity index is 0.00000242. The Bertz CT molecular complexity index is 605. The smallest absolute Gasteiger partial charge is 0.191 e. The summed E-state index contributed by atoms with van der Waals surface area (Å²) < 4.78 is 13.0. The monoisotopic (exact) mass is 453 g/mol. The lowest BCUT2D eigenvalue weighted by Gasteiger charge is -2.11. The van der Waals surface area contributed by atoms with Crippen LogP contribution in [0.4, 0.5) is 4.39 Å². The van der Waals surface area contributed by atoms with Gasteiger partial charge in [0.1, 0.15) is 5.82 Å². The molecule has 1 heterocycles. The number of nitrogens with zero attached hydrogens (tertiary/aromatic N) is 1. The molecule has 120 valence electrons. The summed E-state index contributed by atoms with van der Waals surface area (Å²) in [5.74, 6) is 0.421. The molecule has 0 saturated carbocycles. The van der Waals surface area contributed by atoms with E-state index < -0.39 is 0 Å². The Morgan fingerprint density at radius 3 is 2.77 bits per heavy atom. The van der Waals surface area contributed by atoms with Gasteiger partial charge in [0.15, 0.2) is 5.96 Å². The molecular formula is C15H18ClFIN3S. The van der Waals surface area contributed by atoms with Crippen molar-refractivity contribution in [1.82, 2.24) is 10.6 Å². The van der Waals surface area contributed by atoms with Gasteiger partial charge in [-0.15, -0.1) is 24.0 Å². The normalized spacial score (nSPS) is 11.0. The highest BCUT2D eigenvalue weighted by Crippen LogP contribution is 2.17. The summed E-state index contributed by atoms with van der Waals surface area (Å²) in [6, 6.07) is 6.54. The summed E-state index contributed by atoms with van der Waals surface area (Å²) in [6.07, 6.45) is 0.707. The lowest BCUT2D eigenvalue weighted by atomic mass is 10.1. The largest absolute Gasteiger partial charge is 0.356 e. The molecule has 0 aliphatic carbocycles. The van der Waals surface area contributed by atoms with Gasteiger partial charge in [0, 0.05) is 25.2 Å². The van der Waals surface area contributed by atoms with Crippen LogP contribution in [0.1, 0.15) is 11.1 Å². The molecule has 1 aromatic carbocycles. The predicted octanol–water partition coefficient (Wildman–Crippen LogP) is 4.07. The summed E-state index contributed by atoms with van der Waals surface area (Å²) in [4.78, 5) is 4.16. The van der Waals surface area contributed by atoms with Gasteiger partial charge in [0.05, 0.1) is 0 Å². The fourth-order valence-electron chi connectivity index (χ4n) is 1.84. The number of nitrogens with one attached hydrogen (secondary N) is 2. The third kappa shape index (κ3) is 6.10. The lowest BCUT2D eigenvalue weighted by molar-refractivity contribution is 0.627. The molecule has 2 rings (SSSR count). The number of hydrogen-bond acceptors (Lipinski definition) is 2. The first kappa shape index (κ1) is 19.2. The van der Waals surface area contributed by atoms with Crippen molar-refractivity contribution in [1.29, 1.82) is 0 Å². The van der Waals surface area contributed by atoms with E-state index in [0.29, 0.717) is 18.0 Å². The molecule has 0 unspecified atom stereocenters. The summed E-state index contributed by atoms with van der Waals surface area (Å²) in [5.41, 5.74) is 2.14. The SMILES string of the molecule is CN=C(NCCc1ccc(F)cc1Cl)NCc1ccsc1.I. The molecule has 0 radical (unpaired) electrons. The van der Waals surface area contributed by atoms with Gasteiger partial charge in [-0.05, 0) is 46.5 Å². The Kier molecular flexibility index (Phi) is 8.74. The quantitative estimate of drug-likeness (QED) is 0.407. The van der Waals surface area contributed by atoms with E-state index in [2.05, 4.69) is 27.1 Å². The zero-order valence-corrected chi connectivity index (χ0v) is 16.0. The van der Waals surface area contributed by atoms with Crippen molar-refractivity contribution in [3.8, 4) is 0 Å². The average Bonchev–Trinajstić information content (AvgIpc) is 2.98. The molecule has 0 bridgehead atoms. The summed E-state index contributed by atoms with van der Waals surface area (Å²) in [7, 11) is 1.73. The molecule has 0 aliphatic rings. The van der Waals surface area contributed by atoms with E-state index in [0.717, 1.165) is 18.1 Å². The molecule has 0 fully saturated rings. The van der Waals surface area contributed by atoms with Crippen LogP contribution in [0.25, 0.3) is 0 Å². The van der Waals surface area contributed by atoms with Gasteiger partial charge in [0.25, 0.3) is 0 Å². The van der Waals surface area contributed by atoms with Crippen molar-refractivity contribution < 1.29 is 4.39 Å². The molecule has 22 heavy (non-hydrogen) atoms. The minimum atomic E-state index is -0.315. The van der Waals surface area contributed by atoms with E-state index in [9.17, 15) is 4.39 Å². The van der Waals surface area contributed by atoms with E-state index in [-0.39, 0.29) is 29.8 Å². The first-order chi connectivity index (χ1) is 10.2. The van der Waals surface area contributed by atoms with Crippen LogP contribution in [-0.4, -0.2) is 19.6 Å². The molecule has 3 nitrogen and oxygen atoms in total. The first-order valence-corrected chi connectivity index (χ1v) is 7.90. The van der Waals surface area contributed by atoms with Crippen LogP contribution in [-0.2, 0) is 13.0 Å². The van der Waals surface area contributed by atoms with Crippen LogP contribution in [0.2, 0.25) is 5.02 Å². The van der Waals surface area contributed by atoms with Crippen LogP contribution < -0.4 is 10.6 Å². The second-order valence-electron chi connectivity index (χ2n) is 4.47. The fraction of sp³-hybridized carbons (Fsp3) is 0.267. The number of benzene rings is 1. The van der Waals surface area contributed by atoms with Crippen LogP contribution in [0.3, 0.4) is 0 Å². The molecule has 1 aromatic heterocycles. The third-order valence-electron chi connectivity index (χ3n) is 2.97. The maximum atomic E-state index is 13.0. The molecular weight excluding hydrogens is 436 g/mol. The number of hydrogen-bond donors (Lipinski definition) is 2. The van der Waals surface area contributed by atoms with Crippen LogP contribution >= 0.6 is 46.9 Å². The van der Waals surface area contributed by atoms with Gasteiger partial charge < -0.3 is 10.6 Å². The van der Waals surface area contributed by atoms with E-state index in [1.807, 2.05) is 5.38 Å².